The number of carbonyl (C=O) groups excluding carboxylic acids is 1. The molecule has 0 aliphatic carbocycles. The summed E-state index contributed by atoms with van der Waals surface area (Å²) in [5.41, 5.74) is 7.07. The summed E-state index contributed by atoms with van der Waals surface area (Å²) in [5, 5.41) is 2.76. The minimum atomic E-state index is 0.00547. The molecule has 0 spiro atoms. The van der Waals surface area contributed by atoms with Crippen LogP contribution in [0.3, 0.4) is 0 Å². The van der Waals surface area contributed by atoms with Gasteiger partial charge < -0.3 is 15.5 Å². The Hall–Kier alpha value is -2.06. The molecule has 8 heteroatoms. The summed E-state index contributed by atoms with van der Waals surface area (Å²) in [4.78, 5) is 30.4. The Morgan fingerprint density at radius 2 is 1.96 bits per heavy atom. The van der Waals surface area contributed by atoms with E-state index in [0.29, 0.717) is 31.2 Å². The molecule has 26 heavy (non-hydrogen) atoms. The molecule has 1 fully saturated rings. The molecule has 0 saturated carbocycles. The van der Waals surface area contributed by atoms with Gasteiger partial charge in [-0.15, -0.1) is 11.3 Å². The minimum Gasteiger partial charge on any atom is -0.353 e. The van der Waals surface area contributed by atoms with Crippen LogP contribution >= 0.6 is 11.3 Å². The largest absolute Gasteiger partial charge is 0.353 e. The van der Waals surface area contributed by atoms with E-state index in [-0.39, 0.29) is 5.91 Å². The van der Waals surface area contributed by atoms with Gasteiger partial charge in [0.05, 0.1) is 5.01 Å². The summed E-state index contributed by atoms with van der Waals surface area (Å²) >= 11 is 1.50. The van der Waals surface area contributed by atoms with Crippen LogP contribution in [-0.2, 0) is 6.42 Å². The predicted molar refractivity (Wildman–Crippen MR) is 104 cm³/mol. The van der Waals surface area contributed by atoms with E-state index in [4.69, 9.17) is 10.7 Å². The second kappa shape index (κ2) is 8.09. The number of amides is 1. The number of thiazole rings is 1. The van der Waals surface area contributed by atoms with Gasteiger partial charge in [-0.1, -0.05) is 13.8 Å². The molecule has 1 aliphatic heterocycles. The SMILES string of the molecule is Cc1cc(N2CCN(C(=O)c3csc(CCN)n3)CC2)nc(C(C)C)n1. The van der Waals surface area contributed by atoms with E-state index in [0.717, 1.165) is 41.9 Å². The van der Waals surface area contributed by atoms with Crippen LogP contribution in [0.15, 0.2) is 11.4 Å². The Morgan fingerprint density at radius 1 is 1.23 bits per heavy atom. The first kappa shape index (κ1) is 18.7. The van der Waals surface area contributed by atoms with Crippen LogP contribution < -0.4 is 10.6 Å². The number of rotatable bonds is 5. The fraction of sp³-hybridized carbons (Fsp3) is 0.556. The molecule has 3 heterocycles. The van der Waals surface area contributed by atoms with Gasteiger partial charge in [0, 0.05) is 55.7 Å². The smallest absolute Gasteiger partial charge is 0.273 e. The first-order valence-electron chi connectivity index (χ1n) is 9.02. The lowest BCUT2D eigenvalue weighted by Gasteiger charge is -2.35. The molecule has 0 unspecified atom stereocenters. The molecule has 0 bridgehead atoms. The molecule has 2 aromatic heterocycles. The minimum absolute atomic E-state index is 0.00547. The average molecular weight is 375 g/mol. The lowest BCUT2D eigenvalue weighted by Crippen LogP contribution is -2.49. The Labute approximate surface area is 158 Å². The number of piperazine rings is 1. The van der Waals surface area contributed by atoms with E-state index in [2.05, 4.69) is 28.7 Å². The summed E-state index contributed by atoms with van der Waals surface area (Å²) in [6.45, 7) is 9.61. The summed E-state index contributed by atoms with van der Waals surface area (Å²) in [6.07, 6.45) is 0.719. The molecular formula is C18H26N6OS. The van der Waals surface area contributed by atoms with Crippen LogP contribution in [0, 0.1) is 6.92 Å². The summed E-state index contributed by atoms with van der Waals surface area (Å²) in [5.74, 6) is 2.12. The molecule has 2 N–H and O–H groups in total. The number of carbonyl (C=O) groups is 1. The topological polar surface area (TPSA) is 88.2 Å². The van der Waals surface area contributed by atoms with E-state index < -0.39 is 0 Å². The van der Waals surface area contributed by atoms with Crippen LogP contribution in [0.25, 0.3) is 0 Å². The van der Waals surface area contributed by atoms with E-state index in [1.54, 1.807) is 0 Å². The first-order valence-corrected chi connectivity index (χ1v) is 9.90. The number of aryl methyl sites for hydroxylation is 1. The van der Waals surface area contributed by atoms with Gasteiger partial charge in [0.25, 0.3) is 5.91 Å². The summed E-state index contributed by atoms with van der Waals surface area (Å²) in [6, 6.07) is 2.02. The van der Waals surface area contributed by atoms with Crippen molar-refractivity contribution in [2.75, 3.05) is 37.6 Å². The highest BCUT2D eigenvalue weighted by Crippen LogP contribution is 2.20. The fourth-order valence-electron chi connectivity index (χ4n) is 2.94. The molecule has 2 aromatic rings. The van der Waals surface area contributed by atoms with Crippen molar-refractivity contribution in [2.24, 2.45) is 5.73 Å². The molecule has 0 aromatic carbocycles. The highest BCUT2D eigenvalue weighted by Gasteiger charge is 2.25. The molecule has 1 aliphatic rings. The Morgan fingerprint density at radius 3 is 2.62 bits per heavy atom. The number of nitrogens with zero attached hydrogens (tertiary/aromatic N) is 5. The van der Waals surface area contributed by atoms with Crippen molar-refractivity contribution in [1.82, 2.24) is 19.9 Å². The maximum absolute atomic E-state index is 12.7. The fourth-order valence-corrected chi connectivity index (χ4v) is 3.73. The van der Waals surface area contributed by atoms with Crippen molar-refractivity contribution in [2.45, 2.75) is 33.1 Å². The molecule has 140 valence electrons. The zero-order chi connectivity index (χ0) is 18.7. The van der Waals surface area contributed by atoms with Crippen LogP contribution in [0.2, 0.25) is 0 Å². The van der Waals surface area contributed by atoms with Gasteiger partial charge >= 0.3 is 0 Å². The average Bonchev–Trinajstić information content (AvgIpc) is 3.09. The third kappa shape index (κ3) is 4.19. The van der Waals surface area contributed by atoms with Gasteiger partial charge in [0.2, 0.25) is 0 Å². The molecule has 0 atom stereocenters. The van der Waals surface area contributed by atoms with Gasteiger partial charge in [0.1, 0.15) is 17.3 Å². The molecule has 1 saturated heterocycles. The van der Waals surface area contributed by atoms with E-state index >= 15 is 0 Å². The standard InChI is InChI=1S/C18H26N6OS/c1-12(2)17-20-13(3)10-15(22-17)23-6-8-24(9-7-23)18(25)14-11-26-16(21-14)4-5-19/h10-12H,4-9,19H2,1-3H3. The van der Waals surface area contributed by atoms with Crippen molar-refractivity contribution in [1.29, 1.82) is 0 Å². The highest BCUT2D eigenvalue weighted by molar-refractivity contribution is 7.09. The van der Waals surface area contributed by atoms with Crippen LogP contribution in [0.4, 0.5) is 5.82 Å². The number of hydrogen-bond donors (Lipinski definition) is 1. The van der Waals surface area contributed by atoms with Crippen molar-refractivity contribution in [3.05, 3.63) is 33.7 Å². The van der Waals surface area contributed by atoms with Gasteiger partial charge in [0.15, 0.2) is 0 Å². The van der Waals surface area contributed by atoms with Gasteiger partial charge in [-0.3, -0.25) is 4.79 Å². The number of hydrogen-bond acceptors (Lipinski definition) is 7. The van der Waals surface area contributed by atoms with Crippen molar-refractivity contribution in [3.8, 4) is 0 Å². The second-order valence-electron chi connectivity index (χ2n) is 6.82. The lowest BCUT2D eigenvalue weighted by molar-refractivity contribution is 0.0741. The highest BCUT2D eigenvalue weighted by atomic mass is 32.1. The monoisotopic (exact) mass is 374 g/mol. The first-order chi connectivity index (χ1) is 12.5. The molecule has 1 amide bonds. The summed E-state index contributed by atoms with van der Waals surface area (Å²) in [7, 11) is 0. The Kier molecular flexibility index (Phi) is 5.83. The van der Waals surface area contributed by atoms with Crippen LogP contribution in [-0.4, -0.2) is 58.5 Å². The maximum Gasteiger partial charge on any atom is 0.273 e. The Bertz CT molecular complexity index is 767. The quantitative estimate of drug-likeness (QED) is 0.859. The third-order valence-corrected chi connectivity index (χ3v) is 5.30. The van der Waals surface area contributed by atoms with Crippen molar-refractivity contribution < 1.29 is 4.79 Å². The van der Waals surface area contributed by atoms with Gasteiger partial charge in [-0.25, -0.2) is 15.0 Å². The number of anilines is 1. The zero-order valence-corrected chi connectivity index (χ0v) is 16.4. The third-order valence-electron chi connectivity index (χ3n) is 4.39. The molecule has 3 rings (SSSR count). The van der Waals surface area contributed by atoms with Gasteiger partial charge in [-0.2, -0.15) is 0 Å². The van der Waals surface area contributed by atoms with E-state index in [9.17, 15) is 4.79 Å². The maximum atomic E-state index is 12.7. The van der Waals surface area contributed by atoms with Gasteiger partial charge in [-0.05, 0) is 13.5 Å². The zero-order valence-electron chi connectivity index (χ0n) is 15.6. The Balaban J connectivity index is 1.64. The van der Waals surface area contributed by atoms with Crippen LogP contribution in [0.5, 0.6) is 0 Å². The molecular weight excluding hydrogens is 348 g/mol. The number of nitrogens with two attached hydrogens (primary N) is 1. The summed E-state index contributed by atoms with van der Waals surface area (Å²) < 4.78 is 0. The van der Waals surface area contributed by atoms with Crippen LogP contribution in [0.1, 0.15) is 46.8 Å². The van der Waals surface area contributed by atoms with E-state index in [1.165, 1.54) is 11.3 Å². The second-order valence-corrected chi connectivity index (χ2v) is 7.77. The number of aromatic nitrogens is 3. The molecule has 0 radical (unpaired) electrons. The van der Waals surface area contributed by atoms with Crippen molar-refractivity contribution >= 4 is 23.1 Å². The van der Waals surface area contributed by atoms with E-state index in [1.807, 2.05) is 23.3 Å². The predicted octanol–water partition coefficient (Wildman–Crippen LogP) is 1.83. The molecule has 7 nitrogen and oxygen atoms in total. The lowest BCUT2D eigenvalue weighted by atomic mass is 10.2. The normalized spacial score (nSPS) is 15.0. The van der Waals surface area contributed by atoms with Crippen molar-refractivity contribution in [3.63, 3.8) is 0 Å².